The van der Waals surface area contributed by atoms with Gasteiger partial charge in [0.15, 0.2) is 22.3 Å². The molecule has 3 aromatic rings. The average Bonchev–Trinajstić information content (AvgIpc) is 3.44. The Bertz CT molecular complexity index is 1400. The lowest BCUT2D eigenvalue weighted by Gasteiger charge is -2.25. The van der Waals surface area contributed by atoms with Crippen LogP contribution in [0.25, 0.3) is 5.65 Å². The van der Waals surface area contributed by atoms with Crippen LogP contribution in [0.4, 0.5) is 25.0 Å². The summed E-state index contributed by atoms with van der Waals surface area (Å²) >= 11 is 5.02. The number of amides is 2. The van der Waals surface area contributed by atoms with Gasteiger partial charge in [-0.25, -0.2) is 19.0 Å². The number of ether oxygens (including phenoxy) is 2. The fourth-order valence-corrected chi connectivity index (χ4v) is 4.97. The number of rotatable bonds is 8. The fourth-order valence-electron chi connectivity index (χ4n) is 4.86. The van der Waals surface area contributed by atoms with E-state index in [1.54, 1.807) is 4.90 Å². The normalized spacial score (nSPS) is 17.7. The predicted octanol–water partition coefficient (Wildman–Crippen LogP) is 2.87. The van der Waals surface area contributed by atoms with Gasteiger partial charge in [0.25, 0.3) is 0 Å². The summed E-state index contributed by atoms with van der Waals surface area (Å²) in [4.78, 5) is 28.0. The van der Waals surface area contributed by atoms with Crippen molar-refractivity contribution in [3.8, 4) is 0 Å². The van der Waals surface area contributed by atoms with Crippen molar-refractivity contribution in [2.24, 2.45) is 0 Å². The highest BCUT2D eigenvalue weighted by molar-refractivity contribution is 7.80. The zero-order chi connectivity index (χ0) is 28.2. The second-order valence-electron chi connectivity index (χ2n) is 9.47. The monoisotopic (exact) mass is 573 g/mol. The number of carbonyl (C=O) groups excluding carboxylic acids is 2. The van der Waals surface area contributed by atoms with Gasteiger partial charge in [-0.05, 0) is 30.8 Å². The SMILES string of the molecule is COC(=S)CC[C@H]1CN(c2cc(F)c(N3CCNN(C(=O)CCc4nnc5ccccn45)CC3)c(F)c2)C(=O)O1. The largest absolute Gasteiger partial charge is 0.490 e. The van der Waals surface area contributed by atoms with Gasteiger partial charge in [-0.2, -0.15) is 0 Å². The van der Waals surface area contributed by atoms with Crippen molar-refractivity contribution in [2.45, 2.75) is 31.8 Å². The van der Waals surface area contributed by atoms with Crippen LogP contribution in [0, 0.1) is 11.6 Å². The van der Waals surface area contributed by atoms with E-state index >= 15 is 8.78 Å². The molecule has 0 bridgehead atoms. The minimum atomic E-state index is -0.801. The molecule has 1 N–H and O–H groups in total. The van der Waals surface area contributed by atoms with E-state index in [4.69, 9.17) is 21.7 Å². The van der Waals surface area contributed by atoms with Crippen LogP contribution in [-0.4, -0.2) is 82.6 Å². The zero-order valence-corrected chi connectivity index (χ0v) is 22.7. The topological polar surface area (TPSA) is 105 Å². The highest BCUT2D eigenvalue weighted by Gasteiger charge is 2.34. The van der Waals surface area contributed by atoms with E-state index in [1.807, 2.05) is 28.8 Å². The molecule has 2 saturated heterocycles. The molecule has 11 nitrogen and oxygen atoms in total. The maximum Gasteiger partial charge on any atom is 0.414 e. The number of aromatic nitrogens is 3. The van der Waals surface area contributed by atoms with E-state index < -0.39 is 23.8 Å². The number of nitrogens with one attached hydrogen (secondary N) is 1. The Morgan fingerprint density at radius 2 is 1.98 bits per heavy atom. The Labute approximate surface area is 234 Å². The van der Waals surface area contributed by atoms with E-state index in [-0.39, 0.29) is 49.9 Å². The van der Waals surface area contributed by atoms with E-state index in [0.717, 1.165) is 12.1 Å². The predicted molar refractivity (Wildman–Crippen MR) is 146 cm³/mol. The van der Waals surface area contributed by atoms with Crippen LogP contribution in [0.2, 0.25) is 0 Å². The first kappa shape index (κ1) is 27.6. The molecule has 5 rings (SSSR count). The number of methoxy groups -OCH3 is 1. The molecular formula is C26H29F2N7O4S. The molecular weight excluding hydrogens is 544 g/mol. The Hall–Kier alpha value is -3.91. The standard InChI is InChI=1S/C26H29F2N7O4S/c1-38-24(40)8-5-18-16-34(26(37)39-18)17-14-19(27)25(20(28)15-17)32-11-9-29-35(13-12-32)23(36)7-6-22-31-30-21-4-2-3-10-33(21)22/h2-4,10,14-15,18,29H,5-9,11-13,16H2,1H3/t18-/m0/s1. The second kappa shape index (κ2) is 12.1. The molecule has 2 fully saturated rings. The Balaban J connectivity index is 1.19. The molecule has 0 unspecified atom stereocenters. The van der Waals surface area contributed by atoms with E-state index in [0.29, 0.717) is 42.3 Å². The molecule has 212 valence electrons. The third kappa shape index (κ3) is 5.97. The maximum atomic E-state index is 15.3. The van der Waals surface area contributed by atoms with Crippen molar-refractivity contribution in [3.05, 3.63) is 54.0 Å². The lowest BCUT2D eigenvalue weighted by Crippen LogP contribution is -2.43. The van der Waals surface area contributed by atoms with Crippen molar-refractivity contribution in [3.63, 3.8) is 0 Å². The van der Waals surface area contributed by atoms with E-state index in [9.17, 15) is 9.59 Å². The Kier molecular flexibility index (Phi) is 8.35. The van der Waals surface area contributed by atoms with Crippen molar-refractivity contribution in [2.75, 3.05) is 49.6 Å². The number of hydrogen-bond donors (Lipinski definition) is 1. The highest BCUT2D eigenvalue weighted by Crippen LogP contribution is 2.32. The fraction of sp³-hybridized carbons (Fsp3) is 0.423. The van der Waals surface area contributed by atoms with Crippen LogP contribution in [0.1, 0.15) is 25.1 Å². The van der Waals surface area contributed by atoms with Gasteiger partial charge in [0, 0.05) is 57.2 Å². The highest BCUT2D eigenvalue weighted by atomic mass is 32.1. The lowest BCUT2D eigenvalue weighted by molar-refractivity contribution is -0.133. The number of thiocarbonyl (C=S) groups is 1. The first-order valence-electron chi connectivity index (χ1n) is 13.0. The number of fused-ring (bicyclic) bond motifs is 1. The van der Waals surface area contributed by atoms with Crippen molar-refractivity contribution < 1.29 is 27.8 Å². The van der Waals surface area contributed by atoms with Crippen molar-refractivity contribution in [1.29, 1.82) is 0 Å². The average molecular weight is 574 g/mol. The molecule has 14 heteroatoms. The van der Waals surface area contributed by atoms with E-state index in [1.165, 1.54) is 17.0 Å². The van der Waals surface area contributed by atoms with Crippen LogP contribution in [0.3, 0.4) is 0 Å². The van der Waals surface area contributed by atoms with Gasteiger partial charge < -0.3 is 14.4 Å². The Morgan fingerprint density at radius 1 is 1.18 bits per heavy atom. The third-order valence-electron chi connectivity index (χ3n) is 6.93. The molecule has 40 heavy (non-hydrogen) atoms. The number of cyclic esters (lactones) is 1. The van der Waals surface area contributed by atoms with Gasteiger partial charge in [0.2, 0.25) is 5.91 Å². The summed E-state index contributed by atoms with van der Waals surface area (Å²) < 4.78 is 42.6. The van der Waals surface area contributed by atoms with Crippen LogP contribution in [0.15, 0.2) is 36.5 Å². The van der Waals surface area contributed by atoms with Crippen molar-refractivity contribution in [1.82, 2.24) is 25.0 Å². The zero-order valence-electron chi connectivity index (χ0n) is 21.9. The first-order chi connectivity index (χ1) is 19.3. The number of nitrogens with zero attached hydrogens (tertiary/aromatic N) is 6. The van der Waals surface area contributed by atoms with Gasteiger partial charge in [-0.3, -0.25) is 19.1 Å². The molecule has 0 aliphatic carbocycles. The summed E-state index contributed by atoms with van der Waals surface area (Å²) in [7, 11) is 1.47. The minimum absolute atomic E-state index is 0.0753. The van der Waals surface area contributed by atoms with Crippen LogP contribution < -0.4 is 15.2 Å². The number of anilines is 2. The number of halogens is 2. The first-order valence-corrected chi connectivity index (χ1v) is 13.4. The van der Waals surface area contributed by atoms with Gasteiger partial charge >= 0.3 is 6.09 Å². The third-order valence-corrected chi connectivity index (χ3v) is 7.30. The number of hydrazine groups is 1. The second-order valence-corrected chi connectivity index (χ2v) is 9.93. The van der Waals surface area contributed by atoms with Crippen LogP contribution in [-0.2, 0) is 20.7 Å². The molecule has 1 aromatic carbocycles. The molecule has 0 radical (unpaired) electrons. The summed E-state index contributed by atoms with van der Waals surface area (Å²) in [6.07, 6.45) is 2.18. The molecule has 2 aliphatic heterocycles. The molecule has 1 atom stereocenters. The van der Waals surface area contributed by atoms with E-state index in [2.05, 4.69) is 15.6 Å². The number of benzene rings is 1. The minimum Gasteiger partial charge on any atom is -0.490 e. The van der Waals surface area contributed by atoms with Crippen LogP contribution in [0.5, 0.6) is 0 Å². The number of aryl methyl sites for hydroxylation is 1. The van der Waals surface area contributed by atoms with Gasteiger partial charge in [0.05, 0.1) is 25.9 Å². The number of carbonyl (C=O) groups is 2. The summed E-state index contributed by atoms with van der Waals surface area (Å²) in [6, 6.07) is 7.83. The Morgan fingerprint density at radius 3 is 2.75 bits per heavy atom. The van der Waals surface area contributed by atoms with Gasteiger partial charge in [-0.15, -0.1) is 10.2 Å². The molecule has 2 aromatic heterocycles. The summed E-state index contributed by atoms with van der Waals surface area (Å²) in [6.45, 7) is 1.18. The number of hydrogen-bond acceptors (Lipinski definition) is 9. The molecule has 0 saturated carbocycles. The molecule has 4 heterocycles. The molecule has 2 aliphatic rings. The van der Waals surface area contributed by atoms with Crippen molar-refractivity contribution >= 4 is 46.3 Å². The summed E-state index contributed by atoms with van der Waals surface area (Å²) in [5.41, 5.74) is 3.62. The maximum absolute atomic E-state index is 15.3. The molecule has 0 spiro atoms. The molecule has 2 amide bonds. The summed E-state index contributed by atoms with van der Waals surface area (Å²) in [5, 5.41) is 10.1. The summed E-state index contributed by atoms with van der Waals surface area (Å²) in [5.74, 6) is -1.08. The lowest BCUT2D eigenvalue weighted by atomic mass is 10.2. The smallest absolute Gasteiger partial charge is 0.414 e. The number of pyridine rings is 1. The van der Waals surface area contributed by atoms with Crippen LogP contribution >= 0.6 is 12.2 Å². The quantitative estimate of drug-likeness (QED) is 0.408. The van der Waals surface area contributed by atoms with Gasteiger partial charge in [0.1, 0.15) is 17.6 Å². The van der Waals surface area contributed by atoms with Gasteiger partial charge in [-0.1, -0.05) is 6.07 Å².